The van der Waals surface area contributed by atoms with Gasteiger partial charge in [-0.2, -0.15) is 0 Å². The van der Waals surface area contributed by atoms with Crippen LogP contribution in [0.1, 0.15) is 23.7 Å². The number of hydrogen-bond donors (Lipinski definition) is 1. The fourth-order valence-electron chi connectivity index (χ4n) is 1.49. The van der Waals surface area contributed by atoms with Gasteiger partial charge in [0.25, 0.3) is 0 Å². The number of aromatic carboxylic acids is 1. The summed E-state index contributed by atoms with van der Waals surface area (Å²) in [6, 6.07) is 1.41. The number of carboxylic acid groups (broad SMARTS) is 1. The Morgan fingerprint density at radius 2 is 2.41 bits per heavy atom. The van der Waals surface area contributed by atoms with E-state index in [1.54, 1.807) is 6.08 Å². The van der Waals surface area contributed by atoms with Gasteiger partial charge in [0.15, 0.2) is 0 Å². The summed E-state index contributed by atoms with van der Waals surface area (Å²) in [6.07, 6.45) is 4.03. The molecule has 1 aromatic rings. The van der Waals surface area contributed by atoms with Gasteiger partial charge in [0.05, 0.1) is 10.6 Å². The Kier molecular flexibility index (Phi) is 4.97. The number of carbonyl (C=O) groups is 1. The van der Waals surface area contributed by atoms with Crippen molar-refractivity contribution in [2.45, 2.75) is 13.3 Å². The number of halogens is 1. The average Bonchev–Trinajstić information content (AvgIpc) is 2.28. The van der Waals surface area contributed by atoms with Crippen LogP contribution in [0.15, 0.2) is 24.9 Å². The van der Waals surface area contributed by atoms with Gasteiger partial charge in [-0.1, -0.05) is 24.6 Å². The summed E-state index contributed by atoms with van der Waals surface area (Å²) in [5.41, 5.74) is 0.0915. The fraction of sp³-hybridized carbons (Fsp3) is 0.333. The third-order valence-corrected chi connectivity index (χ3v) is 2.49. The van der Waals surface area contributed by atoms with Crippen molar-refractivity contribution in [3.8, 4) is 0 Å². The molecule has 0 unspecified atom stereocenters. The summed E-state index contributed by atoms with van der Waals surface area (Å²) in [6.45, 7) is 7.16. The first-order valence-corrected chi connectivity index (χ1v) is 5.72. The Balaban J connectivity index is 3.03. The van der Waals surface area contributed by atoms with E-state index in [4.69, 9.17) is 16.7 Å². The quantitative estimate of drug-likeness (QED) is 0.793. The highest BCUT2D eigenvalue weighted by Crippen LogP contribution is 2.24. The van der Waals surface area contributed by atoms with Crippen molar-refractivity contribution in [2.24, 2.45) is 0 Å². The first kappa shape index (κ1) is 13.5. The van der Waals surface area contributed by atoms with E-state index in [2.05, 4.69) is 18.5 Å². The van der Waals surface area contributed by atoms with E-state index in [9.17, 15) is 4.79 Å². The number of anilines is 1. The first-order chi connectivity index (χ1) is 8.10. The second-order valence-electron chi connectivity index (χ2n) is 3.57. The van der Waals surface area contributed by atoms with Gasteiger partial charge >= 0.3 is 5.97 Å². The molecule has 1 N–H and O–H groups in total. The van der Waals surface area contributed by atoms with Gasteiger partial charge in [-0.05, 0) is 12.5 Å². The van der Waals surface area contributed by atoms with Crippen molar-refractivity contribution < 1.29 is 9.90 Å². The monoisotopic (exact) mass is 254 g/mol. The van der Waals surface area contributed by atoms with Crippen LogP contribution in [0.25, 0.3) is 0 Å². The molecule has 0 aromatic carbocycles. The van der Waals surface area contributed by atoms with Crippen molar-refractivity contribution in [1.29, 1.82) is 0 Å². The topological polar surface area (TPSA) is 53.4 Å². The van der Waals surface area contributed by atoms with Gasteiger partial charge in [-0.3, -0.25) is 0 Å². The van der Waals surface area contributed by atoms with E-state index >= 15 is 0 Å². The van der Waals surface area contributed by atoms with Crippen LogP contribution in [-0.2, 0) is 0 Å². The van der Waals surface area contributed by atoms with Gasteiger partial charge in [-0.15, -0.1) is 6.58 Å². The highest BCUT2D eigenvalue weighted by Gasteiger charge is 2.13. The van der Waals surface area contributed by atoms with Gasteiger partial charge in [0.1, 0.15) is 5.82 Å². The summed E-state index contributed by atoms with van der Waals surface area (Å²) >= 11 is 6.04. The molecule has 0 aliphatic heterocycles. The van der Waals surface area contributed by atoms with Crippen LogP contribution in [0.3, 0.4) is 0 Å². The Morgan fingerprint density at radius 1 is 1.71 bits per heavy atom. The minimum atomic E-state index is -1.03. The number of nitrogens with zero attached hydrogens (tertiary/aromatic N) is 2. The van der Waals surface area contributed by atoms with Crippen molar-refractivity contribution in [2.75, 3.05) is 18.0 Å². The third kappa shape index (κ3) is 3.46. The van der Waals surface area contributed by atoms with Crippen molar-refractivity contribution >= 4 is 23.4 Å². The molecule has 0 aliphatic rings. The number of aromatic nitrogens is 1. The molecule has 0 bridgehead atoms. The lowest BCUT2D eigenvalue weighted by atomic mass is 10.2. The Bertz CT molecular complexity index is 421. The molecule has 0 aliphatic carbocycles. The van der Waals surface area contributed by atoms with Crippen molar-refractivity contribution in [3.63, 3.8) is 0 Å². The van der Waals surface area contributed by atoms with Gasteiger partial charge < -0.3 is 10.0 Å². The van der Waals surface area contributed by atoms with Crippen LogP contribution in [0, 0.1) is 0 Å². The number of rotatable bonds is 6. The van der Waals surface area contributed by atoms with Crippen LogP contribution in [0.5, 0.6) is 0 Å². The molecular formula is C12H15ClN2O2. The highest BCUT2D eigenvalue weighted by molar-refractivity contribution is 6.33. The van der Waals surface area contributed by atoms with E-state index in [1.807, 2.05) is 4.90 Å². The summed E-state index contributed by atoms with van der Waals surface area (Å²) in [7, 11) is 0. The average molecular weight is 255 g/mol. The Labute approximate surface area is 106 Å². The largest absolute Gasteiger partial charge is 0.478 e. The standard InChI is InChI=1S/C12H15ClN2O2/c1-3-5-15(6-4-2)11-10(13)7-9(8-14-11)12(16)17/h3,7-8H,1,4-6H2,2H3,(H,16,17). The van der Waals surface area contributed by atoms with Crippen LogP contribution in [-0.4, -0.2) is 29.1 Å². The molecule has 1 aromatic heterocycles. The molecule has 0 spiro atoms. The molecule has 17 heavy (non-hydrogen) atoms. The molecule has 0 radical (unpaired) electrons. The summed E-state index contributed by atoms with van der Waals surface area (Å²) in [4.78, 5) is 16.8. The number of pyridine rings is 1. The lowest BCUT2D eigenvalue weighted by molar-refractivity contribution is 0.0696. The van der Waals surface area contributed by atoms with Crippen LogP contribution in [0.2, 0.25) is 5.02 Å². The molecule has 0 amide bonds. The molecular weight excluding hydrogens is 240 g/mol. The zero-order valence-electron chi connectivity index (χ0n) is 9.69. The maximum Gasteiger partial charge on any atom is 0.337 e. The minimum absolute atomic E-state index is 0.0915. The normalized spacial score (nSPS) is 10.0. The third-order valence-electron chi connectivity index (χ3n) is 2.21. The van der Waals surface area contributed by atoms with E-state index in [0.29, 0.717) is 17.4 Å². The van der Waals surface area contributed by atoms with Crippen molar-refractivity contribution in [1.82, 2.24) is 4.98 Å². The molecule has 4 nitrogen and oxygen atoms in total. The lowest BCUT2D eigenvalue weighted by Gasteiger charge is -2.22. The predicted molar refractivity (Wildman–Crippen MR) is 68.9 cm³/mol. The maximum atomic E-state index is 10.8. The molecule has 0 saturated heterocycles. The molecule has 1 rings (SSSR count). The Hall–Kier alpha value is -1.55. The first-order valence-electron chi connectivity index (χ1n) is 5.34. The summed E-state index contributed by atoms with van der Waals surface area (Å²) < 4.78 is 0. The SMILES string of the molecule is C=CCN(CCC)c1ncc(C(=O)O)cc1Cl. The van der Waals surface area contributed by atoms with Crippen LogP contribution < -0.4 is 4.90 Å². The summed E-state index contributed by atoms with van der Waals surface area (Å²) in [5.74, 6) is -0.435. The molecule has 92 valence electrons. The van der Waals surface area contributed by atoms with Gasteiger partial charge in [0, 0.05) is 19.3 Å². The fourth-order valence-corrected chi connectivity index (χ4v) is 1.78. The highest BCUT2D eigenvalue weighted by atomic mass is 35.5. The number of hydrogen-bond acceptors (Lipinski definition) is 3. The molecule has 0 atom stereocenters. The van der Waals surface area contributed by atoms with Gasteiger partial charge in [-0.25, -0.2) is 9.78 Å². The van der Waals surface area contributed by atoms with E-state index in [-0.39, 0.29) is 5.56 Å². The minimum Gasteiger partial charge on any atom is -0.478 e. The van der Waals surface area contributed by atoms with E-state index < -0.39 is 5.97 Å². The van der Waals surface area contributed by atoms with Crippen molar-refractivity contribution in [3.05, 3.63) is 35.5 Å². The van der Waals surface area contributed by atoms with E-state index in [0.717, 1.165) is 13.0 Å². The Morgan fingerprint density at radius 3 is 2.88 bits per heavy atom. The van der Waals surface area contributed by atoms with E-state index in [1.165, 1.54) is 12.3 Å². The zero-order valence-corrected chi connectivity index (χ0v) is 10.4. The molecule has 0 fully saturated rings. The van der Waals surface area contributed by atoms with Crippen LogP contribution >= 0.6 is 11.6 Å². The zero-order chi connectivity index (χ0) is 12.8. The smallest absolute Gasteiger partial charge is 0.337 e. The lowest BCUT2D eigenvalue weighted by Crippen LogP contribution is -2.25. The number of carboxylic acids is 1. The molecule has 0 saturated carbocycles. The molecule has 5 heteroatoms. The summed E-state index contributed by atoms with van der Waals surface area (Å²) in [5, 5.41) is 9.16. The van der Waals surface area contributed by atoms with Gasteiger partial charge in [0.2, 0.25) is 0 Å². The second-order valence-corrected chi connectivity index (χ2v) is 3.98. The molecule has 1 heterocycles. The predicted octanol–water partition coefficient (Wildman–Crippen LogP) is 2.84. The maximum absolute atomic E-state index is 10.8. The second kappa shape index (κ2) is 6.25. The van der Waals surface area contributed by atoms with Crippen LogP contribution in [0.4, 0.5) is 5.82 Å².